The van der Waals surface area contributed by atoms with Gasteiger partial charge in [-0.25, -0.2) is 4.98 Å². The van der Waals surface area contributed by atoms with Gasteiger partial charge in [-0.1, -0.05) is 49.4 Å². The summed E-state index contributed by atoms with van der Waals surface area (Å²) in [5.74, 6) is 0.979. The van der Waals surface area contributed by atoms with E-state index in [4.69, 9.17) is 4.74 Å². The number of benzene rings is 1. The largest absolute Gasteiger partial charge is 0.393 e. The molecule has 0 aliphatic rings. The van der Waals surface area contributed by atoms with Crippen molar-refractivity contribution in [1.29, 1.82) is 0 Å². The summed E-state index contributed by atoms with van der Waals surface area (Å²) in [6.07, 6.45) is 7.18. The summed E-state index contributed by atoms with van der Waals surface area (Å²) >= 11 is 0. The Kier molecular flexibility index (Phi) is 7.32. The first kappa shape index (κ1) is 21.7. The molecule has 1 atom stereocenters. The van der Waals surface area contributed by atoms with Gasteiger partial charge in [-0.05, 0) is 37.0 Å². The molecule has 30 heavy (non-hydrogen) atoms. The number of allylic oxidation sites excluding steroid dienone is 4. The van der Waals surface area contributed by atoms with Crippen LogP contribution in [-0.4, -0.2) is 31.3 Å². The minimum atomic E-state index is -0.483. The number of nitrogens with zero attached hydrogens (tertiary/aromatic N) is 3. The number of hydrogen-bond donors (Lipinski definition) is 2. The lowest BCUT2D eigenvalue weighted by molar-refractivity contribution is -0.000653. The molecule has 158 valence electrons. The second-order valence-corrected chi connectivity index (χ2v) is 7.09. The van der Waals surface area contributed by atoms with E-state index in [1.165, 1.54) is 10.6 Å². The van der Waals surface area contributed by atoms with Crippen LogP contribution in [-0.2, 0) is 17.8 Å². The SMILES string of the molecule is CC=CC(=CCC)Cc1nc2nc(COC(CO)c3ccccc3C)cc(=O)n2[nH]1. The summed E-state index contributed by atoms with van der Waals surface area (Å²) in [6, 6.07) is 9.17. The lowest BCUT2D eigenvalue weighted by Crippen LogP contribution is -2.17. The van der Waals surface area contributed by atoms with Gasteiger partial charge in [0.15, 0.2) is 0 Å². The van der Waals surface area contributed by atoms with Crippen LogP contribution in [0.2, 0.25) is 0 Å². The summed E-state index contributed by atoms with van der Waals surface area (Å²) < 4.78 is 7.20. The predicted molar refractivity (Wildman–Crippen MR) is 116 cm³/mol. The van der Waals surface area contributed by atoms with Crippen molar-refractivity contribution in [1.82, 2.24) is 19.6 Å². The molecule has 3 rings (SSSR count). The van der Waals surface area contributed by atoms with E-state index in [1.807, 2.05) is 50.3 Å². The van der Waals surface area contributed by atoms with Gasteiger partial charge in [0.25, 0.3) is 11.3 Å². The van der Waals surface area contributed by atoms with Gasteiger partial charge < -0.3 is 9.84 Å². The molecule has 7 nitrogen and oxygen atoms in total. The van der Waals surface area contributed by atoms with Gasteiger partial charge in [-0.15, -0.1) is 0 Å². The van der Waals surface area contributed by atoms with Crippen LogP contribution in [0, 0.1) is 6.92 Å². The molecule has 1 unspecified atom stereocenters. The molecule has 2 heterocycles. The lowest BCUT2D eigenvalue weighted by Gasteiger charge is -2.17. The maximum absolute atomic E-state index is 12.5. The van der Waals surface area contributed by atoms with Crippen LogP contribution in [0.1, 0.15) is 49.0 Å². The highest BCUT2D eigenvalue weighted by Gasteiger charge is 2.15. The molecule has 2 N–H and O–H groups in total. The predicted octanol–water partition coefficient (Wildman–Crippen LogP) is 3.43. The van der Waals surface area contributed by atoms with E-state index in [-0.39, 0.29) is 18.8 Å². The van der Waals surface area contributed by atoms with Gasteiger partial charge in [0.2, 0.25) is 0 Å². The van der Waals surface area contributed by atoms with Crippen molar-refractivity contribution in [2.24, 2.45) is 0 Å². The zero-order valence-corrected chi connectivity index (χ0v) is 17.6. The molecular formula is C23H28N4O3. The molecule has 0 aliphatic carbocycles. The van der Waals surface area contributed by atoms with Gasteiger partial charge in [0, 0.05) is 12.5 Å². The molecule has 0 bridgehead atoms. The third kappa shape index (κ3) is 5.11. The number of ether oxygens (including phenoxy) is 1. The molecule has 0 radical (unpaired) electrons. The summed E-state index contributed by atoms with van der Waals surface area (Å²) in [6.45, 7) is 5.97. The molecule has 2 aromatic heterocycles. The Morgan fingerprint density at radius 1 is 1.33 bits per heavy atom. The first-order valence-electron chi connectivity index (χ1n) is 10.1. The average Bonchev–Trinajstić information content (AvgIpc) is 3.13. The van der Waals surface area contributed by atoms with Crippen molar-refractivity contribution >= 4 is 5.78 Å². The maximum atomic E-state index is 12.5. The van der Waals surface area contributed by atoms with Crippen LogP contribution in [0.25, 0.3) is 5.78 Å². The topological polar surface area (TPSA) is 92.5 Å². The molecule has 0 aliphatic heterocycles. The third-order valence-corrected chi connectivity index (χ3v) is 4.78. The molecular weight excluding hydrogens is 380 g/mol. The Morgan fingerprint density at radius 3 is 2.83 bits per heavy atom. The van der Waals surface area contributed by atoms with Crippen LogP contribution in [0.4, 0.5) is 0 Å². The molecule has 3 aromatic rings. The van der Waals surface area contributed by atoms with E-state index in [2.05, 4.69) is 28.1 Å². The number of aromatic nitrogens is 4. The van der Waals surface area contributed by atoms with E-state index in [1.54, 1.807) is 0 Å². The molecule has 0 fully saturated rings. The van der Waals surface area contributed by atoms with E-state index in [0.717, 1.165) is 23.1 Å². The van der Waals surface area contributed by atoms with E-state index >= 15 is 0 Å². The summed E-state index contributed by atoms with van der Waals surface area (Å²) in [5, 5.41) is 12.8. The van der Waals surface area contributed by atoms with Crippen LogP contribution in [0.3, 0.4) is 0 Å². The number of hydrogen-bond acceptors (Lipinski definition) is 5. The van der Waals surface area contributed by atoms with Crippen molar-refractivity contribution < 1.29 is 9.84 Å². The maximum Gasteiger partial charge on any atom is 0.274 e. The van der Waals surface area contributed by atoms with Gasteiger partial charge in [-0.2, -0.15) is 9.50 Å². The highest BCUT2D eigenvalue weighted by atomic mass is 16.5. The van der Waals surface area contributed by atoms with Crippen molar-refractivity contribution in [3.8, 4) is 0 Å². The first-order chi connectivity index (χ1) is 14.5. The van der Waals surface area contributed by atoms with Gasteiger partial charge in [-0.3, -0.25) is 9.89 Å². The monoisotopic (exact) mass is 408 g/mol. The number of aliphatic hydroxyl groups excluding tert-OH is 1. The van der Waals surface area contributed by atoms with E-state index in [0.29, 0.717) is 23.7 Å². The Labute approximate surface area is 175 Å². The van der Waals surface area contributed by atoms with Crippen molar-refractivity contribution in [2.45, 2.75) is 46.3 Å². The van der Waals surface area contributed by atoms with Crippen molar-refractivity contribution in [3.63, 3.8) is 0 Å². The number of aryl methyl sites for hydroxylation is 1. The zero-order chi connectivity index (χ0) is 21.5. The number of aromatic amines is 1. The average molecular weight is 409 g/mol. The Bertz CT molecular complexity index is 1110. The number of fused-ring (bicyclic) bond motifs is 1. The fraction of sp³-hybridized carbons (Fsp3) is 0.348. The van der Waals surface area contributed by atoms with Gasteiger partial charge in [0.1, 0.15) is 11.9 Å². The molecule has 7 heteroatoms. The molecule has 0 spiro atoms. The highest BCUT2D eigenvalue weighted by molar-refractivity contribution is 5.31. The normalized spacial score (nSPS) is 13.4. The lowest BCUT2D eigenvalue weighted by atomic mass is 10.0. The van der Waals surface area contributed by atoms with Crippen molar-refractivity contribution in [2.75, 3.05) is 6.61 Å². The summed E-state index contributed by atoms with van der Waals surface area (Å²) in [7, 11) is 0. The first-order valence-corrected chi connectivity index (χ1v) is 10.1. The van der Waals surface area contributed by atoms with Crippen LogP contribution < -0.4 is 5.56 Å². The fourth-order valence-corrected chi connectivity index (χ4v) is 3.37. The minimum Gasteiger partial charge on any atom is -0.393 e. The quantitative estimate of drug-likeness (QED) is 0.529. The highest BCUT2D eigenvalue weighted by Crippen LogP contribution is 2.21. The Balaban J connectivity index is 1.80. The molecule has 0 saturated carbocycles. The van der Waals surface area contributed by atoms with E-state index in [9.17, 15) is 9.90 Å². The Hall–Kier alpha value is -3.03. The fourth-order valence-electron chi connectivity index (χ4n) is 3.37. The van der Waals surface area contributed by atoms with E-state index < -0.39 is 6.10 Å². The number of rotatable bonds is 9. The molecule has 1 aromatic carbocycles. The second-order valence-electron chi connectivity index (χ2n) is 7.09. The zero-order valence-electron chi connectivity index (χ0n) is 17.6. The van der Waals surface area contributed by atoms with Gasteiger partial charge in [0.05, 0.1) is 18.9 Å². The summed E-state index contributed by atoms with van der Waals surface area (Å²) in [5.41, 5.74) is 3.30. The van der Waals surface area contributed by atoms with Crippen LogP contribution in [0.5, 0.6) is 0 Å². The van der Waals surface area contributed by atoms with Gasteiger partial charge >= 0.3 is 0 Å². The second kappa shape index (κ2) is 10.1. The summed E-state index contributed by atoms with van der Waals surface area (Å²) in [4.78, 5) is 21.4. The smallest absolute Gasteiger partial charge is 0.274 e. The number of aliphatic hydroxyl groups is 1. The number of nitrogens with one attached hydrogen (secondary N) is 1. The standard InChI is InChI=1S/C23H28N4O3/c1-4-8-17(9-5-2)12-21-25-23-24-18(13-22(29)27(23)26-21)15-30-20(14-28)19-11-7-6-10-16(19)3/h4,6-11,13,20,28H,5,12,14-15H2,1-3H3,(H,24,25,26). The minimum absolute atomic E-state index is 0.104. The third-order valence-electron chi connectivity index (χ3n) is 4.78. The molecule has 0 saturated heterocycles. The molecule has 0 amide bonds. The van der Waals surface area contributed by atoms with Crippen LogP contribution in [0.15, 0.2) is 58.9 Å². The van der Waals surface area contributed by atoms with Crippen LogP contribution >= 0.6 is 0 Å². The Morgan fingerprint density at radius 2 is 2.13 bits per heavy atom. The van der Waals surface area contributed by atoms with Crippen molar-refractivity contribution in [3.05, 3.63) is 87.1 Å². The number of H-pyrrole nitrogens is 1.